The molecule has 0 saturated carbocycles. The zero-order chi connectivity index (χ0) is 12.5. The van der Waals surface area contributed by atoms with Crippen LogP contribution in [0.3, 0.4) is 0 Å². The molecule has 0 spiro atoms. The van der Waals surface area contributed by atoms with Gasteiger partial charge < -0.3 is 19.8 Å². The third-order valence-corrected chi connectivity index (χ3v) is 2.62. The predicted molar refractivity (Wildman–Crippen MR) is 50.7 cm³/mol. The summed E-state index contributed by atoms with van der Waals surface area (Å²) < 4.78 is 30.3. The molecule has 86 valence electrons. The molecule has 9 heteroatoms. The van der Waals surface area contributed by atoms with Gasteiger partial charge in [0.25, 0.3) is 10.1 Å². The van der Waals surface area contributed by atoms with Crippen molar-refractivity contribution in [1.29, 1.82) is 0 Å². The van der Waals surface area contributed by atoms with Crippen LogP contribution in [0.15, 0.2) is 23.1 Å². The number of hydrogen-bond donors (Lipinski definition) is 1. The van der Waals surface area contributed by atoms with Crippen molar-refractivity contribution in [3.63, 3.8) is 0 Å². The fraction of sp³-hybridized carbons (Fsp3) is 0. The molecule has 0 aliphatic rings. The van der Waals surface area contributed by atoms with E-state index < -0.39 is 38.1 Å². The van der Waals surface area contributed by atoms with Gasteiger partial charge in [-0.05, 0) is 6.07 Å². The molecule has 0 heterocycles. The van der Waals surface area contributed by atoms with Crippen LogP contribution >= 0.6 is 0 Å². The molecule has 0 radical (unpaired) electrons. The summed E-state index contributed by atoms with van der Waals surface area (Å²) in [5.74, 6) is -3.92. The summed E-state index contributed by atoms with van der Waals surface area (Å²) in [4.78, 5) is 20.1. The van der Waals surface area contributed by atoms with Crippen LogP contribution in [0.5, 0.6) is 0 Å². The zero-order valence-electron chi connectivity index (χ0n) is 8.24. The molecule has 17 heavy (non-hydrogen) atoms. The molecule has 0 fully saturated rings. The van der Waals surface area contributed by atoms with Gasteiger partial charge >= 0.3 is 23.1 Å². The minimum atomic E-state index is -4.85. The number of carbonyl (C=O) groups is 2. The minimum absolute atomic E-state index is 0. The van der Waals surface area contributed by atoms with Crippen molar-refractivity contribution in [3.05, 3.63) is 29.3 Å². The summed E-state index contributed by atoms with van der Waals surface area (Å²) in [5.41, 5.74) is -2.01. The van der Waals surface area contributed by atoms with Crippen LogP contribution in [-0.2, 0) is 10.1 Å². The minimum Gasteiger partial charge on any atom is -0.545 e. The molecule has 0 atom stereocenters. The van der Waals surface area contributed by atoms with Crippen LogP contribution < -0.4 is 10.2 Å². The van der Waals surface area contributed by atoms with Gasteiger partial charge in [0.1, 0.15) is 4.90 Å². The van der Waals surface area contributed by atoms with Crippen molar-refractivity contribution < 1.29 is 32.8 Å². The SMILES string of the molecule is O=C([O-])c1cccc(S(=O)(=O)O)c1C(=O)[O-].[Mg+2]. The van der Waals surface area contributed by atoms with Gasteiger partial charge in [-0.2, -0.15) is 8.42 Å². The van der Waals surface area contributed by atoms with Crippen LogP contribution in [0.1, 0.15) is 20.7 Å². The number of rotatable bonds is 3. The molecular formula is C8H4MgO7S. The summed E-state index contributed by atoms with van der Waals surface area (Å²) in [5, 5.41) is 21.1. The first-order chi connectivity index (χ1) is 7.25. The number of benzene rings is 1. The van der Waals surface area contributed by atoms with Crippen molar-refractivity contribution in [2.24, 2.45) is 0 Å². The smallest absolute Gasteiger partial charge is 0.545 e. The molecule has 0 amide bonds. The third-order valence-electron chi connectivity index (χ3n) is 1.73. The van der Waals surface area contributed by atoms with Gasteiger partial charge in [-0.15, -0.1) is 0 Å². The van der Waals surface area contributed by atoms with Crippen LogP contribution in [0.2, 0.25) is 0 Å². The van der Waals surface area contributed by atoms with E-state index in [4.69, 9.17) is 4.55 Å². The monoisotopic (exact) mass is 268 g/mol. The Labute approximate surface area is 112 Å². The number of carboxylic acids is 2. The quantitative estimate of drug-likeness (QED) is 0.465. The first-order valence-corrected chi connectivity index (χ1v) is 5.22. The maximum absolute atomic E-state index is 10.8. The van der Waals surface area contributed by atoms with E-state index in [1.54, 1.807) is 0 Å². The van der Waals surface area contributed by atoms with Crippen molar-refractivity contribution in [2.45, 2.75) is 4.90 Å². The molecule has 0 bridgehead atoms. The van der Waals surface area contributed by atoms with E-state index >= 15 is 0 Å². The Hall–Kier alpha value is -1.16. The Bertz CT molecular complexity index is 563. The second-order valence-electron chi connectivity index (χ2n) is 2.73. The summed E-state index contributed by atoms with van der Waals surface area (Å²) in [6.45, 7) is 0. The number of aromatic carboxylic acids is 2. The van der Waals surface area contributed by atoms with Gasteiger partial charge in [0.15, 0.2) is 0 Å². The number of carbonyl (C=O) groups excluding carboxylic acids is 2. The molecule has 0 saturated heterocycles. The molecule has 1 N–H and O–H groups in total. The Kier molecular flexibility index (Phi) is 5.07. The van der Waals surface area contributed by atoms with Gasteiger partial charge in [-0.3, -0.25) is 4.55 Å². The Morgan fingerprint density at radius 1 is 1.12 bits per heavy atom. The van der Waals surface area contributed by atoms with E-state index in [0.29, 0.717) is 0 Å². The summed E-state index contributed by atoms with van der Waals surface area (Å²) in [7, 11) is -4.85. The van der Waals surface area contributed by atoms with E-state index in [0.717, 1.165) is 18.2 Å². The molecule has 0 aliphatic heterocycles. The van der Waals surface area contributed by atoms with Crippen molar-refractivity contribution in [2.75, 3.05) is 0 Å². The van der Waals surface area contributed by atoms with Gasteiger partial charge in [-0.1, -0.05) is 12.1 Å². The standard InChI is InChI=1S/C8H6O7S.Mg/c9-7(10)4-2-1-3-5(16(13,14)15)6(4)8(11)12;/h1-3H,(H,9,10)(H,11,12)(H,13,14,15);/q;+2/p-2. The molecule has 7 nitrogen and oxygen atoms in total. The predicted octanol–water partition coefficient (Wildman–Crippen LogP) is -2.72. The Morgan fingerprint density at radius 3 is 2.00 bits per heavy atom. The first-order valence-electron chi connectivity index (χ1n) is 3.78. The second-order valence-corrected chi connectivity index (χ2v) is 4.12. The number of hydrogen-bond acceptors (Lipinski definition) is 6. The average Bonchev–Trinajstić information content (AvgIpc) is 2.14. The normalized spacial score (nSPS) is 10.4. The maximum Gasteiger partial charge on any atom is 2.00 e. The van der Waals surface area contributed by atoms with Crippen molar-refractivity contribution in [3.8, 4) is 0 Å². The van der Waals surface area contributed by atoms with Gasteiger partial charge in [0, 0.05) is 11.1 Å². The van der Waals surface area contributed by atoms with Gasteiger partial charge in [0.05, 0.1) is 11.9 Å². The van der Waals surface area contributed by atoms with Crippen LogP contribution in [0, 0.1) is 0 Å². The van der Waals surface area contributed by atoms with Gasteiger partial charge in [-0.25, -0.2) is 0 Å². The van der Waals surface area contributed by atoms with E-state index in [-0.39, 0.29) is 23.1 Å². The molecule has 0 unspecified atom stereocenters. The van der Waals surface area contributed by atoms with Gasteiger partial charge in [0.2, 0.25) is 0 Å². The summed E-state index contributed by atoms with van der Waals surface area (Å²) in [6, 6.07) is 2.53. The van der Waals surface area contributed by atoms with Crippen LogP contribution in [-0.4, -0.2) is 48.0 Å². The van der Waals surface area contributed by atoms with E-state index in [2.05, 4.69) is 0 Å². The molecule has 0 aromatic heterocycles. The zero-order valence-corrected chi connectivity index (χ0v) is 10.5. The second kappa shape index (κ2) is 5.45. The Balaban J connectivity index is 0.00000256. The fourth-order valence-corrected chi connectivity index (χ4v) is 1.83. The molecule has 1 aromatic carbocycles. The summed E-state index contributed by atoms with van der Waals surface area (Å²) >= 11 is 0. The van der Waals surface area contributed by atoms with Crippen molar-refractivity contribution in [1.82, 2.24) is 0 Å². The van der Waals surface area contributed by atoms with Crippen LogP contribution in [0.4, 0.5) is 0 Å². The fourth-order valence-electron chi connectivity index (χ4n) is 1.13. The third kappa shape index (κ3) is 3.39. The van der Waals surface area contributed by atoms with Crippen LogP contribution in [0.25, 0.3) is 0 Å². The topological polar surface area (TPSA) is 135 Å². The largest absolute Gasteiger partial charge is 2.00 e. The average molecular weight is 268 g/mol. The molecule has 1 rings (SSSR count). The molecule has 0 aliphatic carbocycles. The molecular weight excluding hydrogens is 264 g/mol. The number of carboxylic acid groups (broad SMARTS) is 2. The molecule has 1 aromatic rings. The maximum atomic E-state index is 10.8. The Morgan fingerprint density at radius 2 is 1.65 bits per heavy atom. The van der Waals surface area contributed by atoms with E-state index in [1.165, 1.54) is 0 Å². The van der Waals surface area contributed by atoms with E-state index in [1.807, 2.05) is 0 Å². The van der Waals surface area contributed by atoms with E-state index in [9.17, 15) is 28.2 Å². The first kappa shape index (κ1) is 15.8. The van der Waals surface area contributed by atoms with Crippen molar-refractivity contribution >= 4 is 45.1 Å². The summed E-state index contributed by atoms with van der Waals surface area (Å²) in [6.07, 6.45) is 0.